The third-order valence-corrected chi connectivity index (χ3v) is 6.47. The van der Waals surface area contributed by atoms with Crippen molar-refractivity contribution >= 4 is 56.6 Å². The molecule has 1 aliphatic rings. The van der Waals surface area contributed by atoms with Crippen LogP contribution in [0.5, 0.6) is 5.75 Å². The second kappa shape index (κ2) is 8.37. The van der Waals surface area contributed by atoms with E-state index in [1.54, 1.807) is 21.9 Å². The van der Waals surface area contributed by atoms with Gasteiger partial charge in [-0.3, -0.25) is 4.90 Å². The summed E-state index contributed by atoms with van der Waals surface area (Å²) in [5.74, 6) is -0.120. The Kier molecular flexibility index (Phi) is 6.29. The molecule has 0 atom stereocenters. The van der Waals surface area contributed by atoms with Crippen molar-refractivity contribution in [3.8, 4) is 5.75 Å². The Bertz CT molecular complexity index is 997. The minimum atomic E-state index is -4.14. The summed E-state index contributed by atoms with van der Waals surface area (Å²) in [6.07, 6.45) is 0.880. The standard InChI is InChI=1S/C18H17Cl3N2O4S/c1-2-7-22-8-9-23(18(22)24)12-3-5-13(6-4-12)28(25,26)27-17-11-15(20)14(19)10-16(17)21/h3-6,10-11H,2,7-9H2,1H3. The predicted octanol–water partition coefficient (Wildman–Crippen LogP) is 5.07. The normalized spacial score (nSPS) is 14.6. The fourth-order valence-corrected chi connectivity index (χ4v) is 4.39. The zero-order valence-electron chi connectivity index (χ0n) is 14.9. The monoisotopic (exact) mass is 462 g/mol. The SMILES string of the molecule is CCCN1CCN(c2ccc(S(=O)(=O)Oc3cc(Cl)c(Cl)cc3Cl)cc2)C1=O. The van der Waals surface area contributed by atoms with Crippen molar-refractivity contribution in [2.45, 2.75) is 18.2 Å². The lowest BCUT2D eigenvalue weighted by molar-refractivity contribution is 0.220. The van der Waals surface area contributed by atoms with Gasteiger partial charge < -0.3 is 9.08 Å². The van der Waals surface area contributed by atoms with Gasteiger partial charge in [-0.1, -0.05) is 41.7 Å². The fraction of sp³-hybridized carbons (Fsp3) is 0.278. The van der Waals surface area contributed by atoms with Crippen molar-refractivity contribution in [2.75, 3.05) is 24.5 Å². The van der Waals surface area contributed by atoms with E-state index < -0.39 is 10.1 Å². The molecule has 2 amide bonds. The van der Waals surface area contributed by atoms with Gasteiger partial charge in [-0.25, -0.2) is 4.79 Å². The van der Waals surface area contributed by atoms with Gasteiger partial charge in [-0.15, -0.1) is 0 Å². The number of nitrogens with zero attached hydrogens (tertiary/aromatic N) is 2. The molecule has 10 heteroatoms. The van der Waals surface area contributed by atoms with Crippen LogP contribution >= 0.6 is 34.8 Å². The third-order valence-electron chi connectivity index (χ3n) is 4.20. The average molecular weight is 464 g/mol. The Morgan fingerprint density at radius 2 is 1.64 bits per heavy atom. The van der Waals surface area contributed by atoms with E-state index >= 15 is 0 Å². The largest absolute Gasteiger partial charge is 0.377 e. The van der Waals surface area contributed by atoms with E-state index in [0.717, 1.165) is 6.42 Å². The highest BCUT2D eigenvalue weighted by molar-refractivity contribution is 7.87. The van der Waals surface area contributed by atoms with Crippen molar-refractivity contribution in [1.82, 2.24) is 4.90 Å². The number of benzene rings is 2. The highest BCUT2D eigenvalue weighted by Crippen LogP contribution is 2.35. The van der Waals surface area contributed by atoms with Crippen molar-refractivity contribution in [3.63, 3.8) is 0 Å². The first-order chi connectivity index (χ1) is 13.2. The summed E-state index contributed by atoms with van der Waals surface area (Å²) in [4.78, 5) is 15.7. The van der Waals surface area contributed by atoms with E-state index in [4.69, 9.17) is 39.0 Å². The molecule has 2 aromatic rings. The molecule has 0 radical (unpaired) electrons. The predicted molar refractivity (Wildman–Crippen MR) is 110 cm³/mol. The highest BCUT2D eigenvalue weighted by Gasteiger charge is 2.29. The van der Waals surface area contributed by atoms with Gasteiger partial charge >= 0.3 is 16.1 Å². The number of anilines is 1. The Morgan fingerprint density at radius 3 is 2.29 bits per heavy atom. The fourth-order valence-electron chi connectivity index (χ4n) is 2.83. The first-order valence-electron chi connectivity index (χ1n) is 8.48. The molecule has 28 heavy (non-hydrogen) atoms. The van der Waals surface area contributed by atoms with Gasteiger partial charge in [-0.2, -0.15) is 8.42 Å². The van der Waals surface area contributed by atoms with Crippen molar-refractivity contribution in [3.05, 3.63) is 51.5 Å². The number of carbonyl (C=O) groups excluding carboxylic acids is 1. The Balaban J connectivity index is 1.79. The molecule has 0 spiro atoms. The second-order valence-electron chi connectivity index (χ2n) is 6.15. The van der Waals surface area contributed by atoms with Crippen LogP contribution in [0.25, 0.3) is 0 Å². The topological polar surface area (TPSA) is 66.9 Å². The van der Waals surface area contributed by atoms with Crippen molar-refractivity contribution < 1.29 is 17.4 Å². The Morgan fingerprint density at radius 1 is 1.00 bits per heavy atom. The summed E-state index contributed by atoms with van der Waals surface area (Å²) in [5.41, 5.74) is 0.620. The number of halogens is 3. The maximum absolute atomic E-state index is 12.5. The minimum Gasteiger partial charge on any atom is -0.377 e. The summed E-state index contributed by atoms with van der Waals surface area (Å²) in [7, 11) is -4.14. The molecule has 0 bridgehead atoms. The number of amides is 2. The molecule has 6 nitrogen and oxygen atoms in total. The van der Waals surface area contributed by atoms with Crippen LogP contribution in [-0.4, -0.2) is 39.0 Å². The van der Waals surface area contributed by atoms with Crippen LogP contribution in [0.1, 0.15) is 13.3 Å². The molecule has 150 valence electrons. The van der Waals surface area contributed by atoms with Crippen LogP contribution in [0.15, 0.2) is 41.3 Å². The molecule has 2 aromatic carbocycles. The van der Waals surface area contributed by atoms with Crippen LogP contribution in [0.4, 0.5) is 10.5 Å². The van der Waals surface area contributed by atoms with E-state index in [9.17, 15) is 13.2 Å². The summed E-state index contributed by atoms with van der Waals surface area (Å²) in [5, 5.41) is 0.331. The average Bonchev–Trinajstić information content (AvgIpc) is 3.01. The number of hydrogen-bond donors (Lipinski definition) is 0. The van der Waals surface area contributed by atoms with Gasteiger partial charge in [-0.05, 0) is 36.8 Å². The van der Waals surface area contributed by atoms with Crippen LogP contribution in [0, 0.1) is 0 Å². The maximum Gasteiger partial charge on any atom is 0.339 e. The lowest BCUT2D eigenvalue weighted by Gasteiger charge is -2.18. The summed E-state index contributed by atoms with van der Waals surface area (Å²) >= 11 is 17.7. The molecular weight excluding hydrogens is 447 g/mol. The molecule has 1 saturated heterocycles. The zero-order valence-corrected chi connectivity index (χ0v) is 17.9. The van der Waals surface area contributed by atoms with Crippen LogP contribution < -0.4 is 9.08 Å². The molecule has 0 aromatic heterocycles. The van der Waals surface area contributed by atoms with Gasteiger partial charge in [0.25, 0.3) is 0 Å². The zero-order chi connectivity index (χ0) is 20.5. The summed E-state index contributed by atoms with van der Waals surface area (Å²) in [6, 6.07) is 8.36. The molecule has 0 saturated carbocycles. The molecule has 1 heterocycles. The van der Waals surface area contributed by atoms with E-state index in [2.05, 4.69) is 0 Å². The number of urea groups is 1. The molecule has 1 aliphatic heterocycles. The summed E-state index contributed by atoms with van der Waals surface area (Å²) < 4.78 is 30.2. The molecule has 0 aliphatic carbocycles. The lowest BCUT2D eigenvalue weighted by atomic mass is 10.3. The number of hydrogen-bond acceptors (Lipinski definition) is 4. The molecule has 0 unspecified atom stereocenters. The van der Waals surface area contributed by atoms with Gasteiger partial charge in [0.2, 0.25) is 0 Å². The van der Waals surface area contributed by atoms with Crippen molar-refractivity contribution in [2.24, 2.45) is 0 Å². The highest BCUT2D eigenvalue weighted by atomic mass is 35.5. The Hall–Kier alpha value is -1.67. The molecule has 1 fully saturated rings. The first-order valence-corrected chi connectivity index (χ1v) is 11.0. The first kappa shape index (κ1) is 21.0. The third kappa shape index (κ3) is 4.33. The van der Waals surface area contributed by atoms with Crippen LogP contribution in [0.3, 0.4) is 0 Å². The van der Waals surface area contributed by atoms with Crippen molar-refractivity contribution in [1.29, 1.82) is 0 Å². The van der Waals surface area contributed by atoms with Gasteiger partial charge in [0.15, 0.2) is 5.75 Å². The van der Waals surface area contributed by atoms with E-state index in [-0.39, 0.29) is 31.7 Å². The Labute approximate surface area is 178 Å². The van der Waals surface area contributed by atoms with Gasteiger partial charge in [0.1, 0.15) is 4.90 Å². The summed E-state index contributed by atoms with van der Waals surface area (Å²) in [6.45, 7) is 3.90. The maximum atomic E-state index is 12.5. The van der Waals surface area contributed by atoms with E-state index in [1.807, 2.05) is 6.92 Å². The second-order valence-corrected chi connectivity index (χ2v) is 8.92. The minimum absolute atomic E-state index is 0.0216. The number of rotatable bonds is 6. The van der Waals surface area contributed by atoms with E-state index in [0.29, 0.717) is 25.3 Å². The quantitative estimate of drug-likeness (QED) is 0.443. The molecular formula is C18H17Cl3N2O4S. The van der Waals surface area contributed by atoms with Crippen LogP contribution in [-0.2, 0) is 10.1 Å². The van der Waals surface area contributed by atoms with Gasteiger partial charge in [0.05, 0.1) is 15.1 Å². The van der Waals surface area contributed by atoms with E-state index in [1.165, 1.54) is 24.3 Å². The molecule has 0 N–H and O–H groups in total. The number of carbonyl (C=O) groups is 1. The van der Waals surface area contributed by atoms with Gasteiger partial charge in [0, 0.05) is 31.4 Å². The lowest BCUT2D eigenvalue weighted by Crippen LogP contribution is -2.32. The van der Waals surface area contributed by atoms with Crippen LogP contribution in [0.2, 0.25) is 15.1 Å². The smallest absolute Gasteiger partial charge is 0.339 e. The molecule has 3 rings (SSSR count).